The van der Waals surface area contributed by atoms with Gasteiger partial charge in [0.05, 0.1) is 11.9 Å². The number of thiophene rings is 1. The molecule has 0 aromatic carbocycles. The van der Waals surface area contributed by atoms with Crippen molar-refractivity contribution in [2.24, 2.45) is 5.14 Å². The minimum atomic E-state index is -3.76. The Bertz CT molecular complexity index is 1160. The molecule has 3 aliphatic rings. The van der Waals surface area contributed by atoms with Gasteiger partial charge < -0.3 is 9.64 Å². The first-order valence-corrected chi connectivity index (χ1v) is 14.3. The number of likely N-dealkylation sites (N-methyl/N-ethyl adjacent to an activating group) is 1. The maximum atomic E-state index is 12.5. The van der Waals surface area contributed by atoms with Crippen molar-refractivity contribution < 1.29 is 17.9 Å². The lowest BCUT2D eigenvalue weighted by molar-refractivity contribution is -0.131. The summed E-state index contributed by atoms with van der Waals surface area (Å²) in [4.78, 5) is 27.4. The van der Waals surface area contributed by atoms with Crippen LogP contribution in [0.25, 0.3) is 10.2 Å². The molecule has 1 saturated carbocycles. The second-order valence-corrected chi connectivity index (χ2v) is 12.2. The topological polar surface area (TPSA) is 122 Å². The van der Waals surface area contributed by atoms with Crippen LogP contribution in [-0.4, -0.2) is 83.8 Å². The van der Waals surface area contributed by atoms with Crippen molar-refractivity contribution in [1.82, 2.24) is 24.1 Å². The molecule has 2 aromatic heterocycles. The van der Waals surface area contributed by atoms with E-state index >= 15 is 0 Å². The molecule has 10 nitrogen and oxygen atoms in total. The maximum absolute atomic E-state index is 12.5. The zero-order valence-electron chi connectivity index (χ0n) is 19.5. The van der Waals surface area contributed by atoms with E-state index in [1.54, 1.807) is 11.3 Å². The van der Waals surface area contributed by atoms with Gasteiger partial charge in [-0.3, -0.25) is 9.69 Å². The quantitative estimate of drug-likeness (QED) is 0.627. The summed E-state index contributed by atoms with van der Waals surface area (Å²) in [6.45, 7) is 2.86. The Morgan fingerprint density at radius 1 is 1.21 bits per heavy atom. The predicted molar refractivity (Wildman–Crippen MR) is 130 cm³/mol. The van der Waals surface area contributed by atoms with E-state index in [9.17, 15) is 13.2 Å². The lowest BCUT2D eigenvalue weighted by atomic mass is 9.92. The van der Waals surface area contributed by atoms with Gasteiger partial charge in [-0.1, -0.05) is 0 Å². The first-order chi connectivity index (χ1) is 16.3. The fraction of sp³-hybridized carbons (Fsp3) is 0.682. The number of amides is 1. The summed E-state index contributed by atoms with van der Waals surface area (Å²) in [5, 5.41) is 6.19. The number of carbonyl (C=O) groups excluding carboxylic acids is 1. The number of likely N-dealkylation sites (tertiary alicyclic amines) is 1. The highest BCUT2D eigenvalue weighted by molar-refractivity contribution is 7.86. The Hall–Kier alpha value is -1.86. The van der Waals surface area contributed by atoms with Crippen LogP contribution in [-0.2, 0) is 28.0 Å². The molecule has 1 saturated heterocycles. The third-order valence-electron chi connectivity index (χ3n) is 7.31. The number of hydrogen-bond donors (Lipinski definition) is 1. The Morgan fingerprint density at radius 3 is 2.65 bits per heavy atom. The molecule has 34 heavy (non-hydrogen) atoms. The molecule has 2 fully saturated rings. The van der Waals surface area contributed by atoms with Crippen LogP contribution >= 0.6 is 11.3 Å². The Balaban J connectivity index is 1.23. The van der Waals surface area contributed by atoms with Crippen molar-refractivity contribution in [2.75, 3.05) is 33.2 Å². The van der Waals surface area contributed by atoms with Gasteiger partial charge in [-0.2, -0.15) is 12.7 Å². The molecule has 4 heterocycles. The van der Waals surface area contributed by atoms with Gasteiger partial charge in [0, 0.05) is 37.1 Å². The Kier molecular flexibility index (Phi) is 6.77. The van der Waals surface area contributed by atoms with E-state index in [1.807, 2.05) is 11.9 Å². The molecule has 2 aromatic rings. The average Bonchev–Trinajstić information content (AvgIpc) is 3.47. The first kappa shape index (κ1) is 23.9. The van der Waals surface area contributed by atoms with E-state index in [1.165, 1.54) is 10.6 Å². The summed E-state index contributed by atoms with van der Waals surface area (Å²) in [5.41, 5.74) is 0.907. The average molecular weight is 509 g/mol. The second-order valence-electron chi connectivity index (χ2n) is 9.54. The van der Waals surface area contributed by atoms with Crippen molar-refractivity contribution in [3.8, 4) is 5.88 Å². The third-order valence-corrected chi connectivity index (χ3v) is 9.54. The molecule has 1 amide bonds. The second kappa shape index (κ2) is 9.65. The van der Waals surface area contributed by atoms with Crippen LogP contribution in [0.4, 0.5) is 0 Å². The summed E-state index contributed by atoms with van der Waals surface area (Å²) >= 11 is 1.57. The summed E-state index contributed by atoms with van der Waals surface area (Å²) in [6, 6.07) is 0.369. The number of rotatable bonds is 6. The summed E-state index contributed by atoms with van der Waals surface area (Å²) < 4.78 is 31.5. The molecule has 5 rings (SSSR count). The van der Waals surface area contributed by atoms with E-state index < -0.39 is 10.2 Å². The van der Waals surface area contributed by atoms with Crippen molar-refractivity contribution in [2.45, 2.75) is 63.6 Å². The molecular formula is C22H32N6O4S2. The molecule has 2 N–H and O–H groups in total. The van der Waals surface area contributed by atoms with Crippen LogP contribution in [0.2, 0.25) is 0 Å². The summed E-state index contributed by atoms with van der Waals surface area (Å²) in [5.74, 6) is 0.761. The fourth-order valence-corrected chi connectivity index (χ4v) is 7.12. The maximum Gasteiger partial charge on any atom is 0.277 e. The number of nitrogens with two attached hydrogens (primary N) is 1. The smallest absolute Gasteiger partial charge is 0.277 e. The fourth-order valence-electron chi connectivity index (χ4n) is 5.34. The number of fused-ring (bicyclic) bond motifs is 3. The van der Waals surface area contributed by atoms with Crippen molar-refractivity contribution in [3.05, 3.63) is 16.8 Å². The summed E-state index contributed by atoms with van der Waals surface area (Å²) in [7, 11) is -1.71. The van der Waals surface area contributed by atoms with Crippen LogP contribution in [0, 0.1) is 0 Å². The minimum Gasteiger partial charge on any atom is -0.474 e. The normalized spacial score (nSPS) is 24.0. The third kappa shape index (κ3) is 4.92. The zero-order chi connectivity index (χ0) is 23.9. The van der Waals surface area contributed by atoms with E-state index in [0.29, 0.717) is 31.4 Å². The van der Waals surface area contributed by atoms with Crippen LogP contribution in [0.15, 0.2) is 6.33 Å². The van der Waals surface area contributed by atoms with Crippen LogP contribution in [0.5, 0.6) is 5.88 Å². The summed E-state index contributed by atoms with van der Waals surface area (Å²) in [6.07, 6.45) is 8.07. The SMILES string of the molecule is CN(CC(=O)N1CCCC1)C1CCC(Oc2ncnc3sc4c(c23)CN(S(N)(=O)=O)CC4)CC1. The van der Waals surface area contributed by atoms with Gasteiger partial charge in [-0.25, -0.2) is 15.1 Å². The number of hydrogen-bond acceptors (Lipinski definition) is 8. The largest absolute Gasteiger partial charge is 0.474 e. The van der Waals surface area contributed by atoms with Crippen molar-refractivity contribution in [3.63, 3.8) is 0 Å². The van der Waals surface area contributed by atoms with E-state index in [4.69, 9.17) is 9.88 Å². The highest BCUT2D eigenvalue weighted by atomic mass is 32.2. The Morgan fingerprint density at radius 2 is 1.94 bits per heavy atom. The molecular weight excluding hydrogens is 476 g/mol. The number of carbonyl (C=O) groups is 1. The van der Waals surface area contributed by atoms with Gasteiger partial charge in [0.2, 0.25) is 11.8 Å². The van der Waals surface area contributed by atoms with Crippen LogP contribution < -0.4 is 9.88 Å². The minimum absolute atomic E-state index is 0.0329. The molecule has 0 radical (unpaired) electrons. The van der Waals surface area contributed by atoms with Crippen molar-refractivity contribution >= 4 is 37.7 Å². The zero-order valence-corrected chi connectivity index (χ0v) is 21.1. The molecule has 0 spiro atoms. The Labute approximate surface area is 204 Å². The van der Waals surface area contributed by atoms with Gasteiger partial charge in [0.15, 0.2) is 0 Å². The number of nitrogens with zero attached hydrogens (tertiary/aromatic N) is 5. The highest BCUT2D eigenvalue weighted by Gasteiger charge is 2.31. The highest BCUT2D eigenvalue weighted by Crippen LogP contribution is 2.39. The monoisotopic (exact) mass is 508 g/mol. The van der Waals surface area contributed by atoms with Crippen molar-refractivity contribution in [1.29, 1.82) is 0 Å². The predicted octanol–water partition coefficient (Wildman–Crippen LogP) is 1.50. The van der Waals surface area contributed by atoms with Crippen LogP contribution in [0.3, 0.4) is 0 Å². The van der Waals surface area contributed by atoms with Gasteiger partial charge in [-0.15, -0.1) is 11.3 Å². The molecule has 0 unspecified atom stereocenters. The standard InChI is InChI=1S/C22H32N6O4S2/c1-26(13-19(29)27-9-2-3-10-27)15-4-6-16(7-5-15)32-21-20-17-12-28(34(23,30)31)11-8-18(17)33-22(20)25-14-24-21/h14-16H,2-13H2,1H3,(H2,23,30,31). The molecule has 12 heteroatoms. The molecule has 0 bridgehead atoms. The molecule has 0 atom stereocenters. The lowest BCUT2D eigenvalue weighted by Gasteiger charge is -2.35. The van der Waals surface area contributed by atoms with Gasteiger partial charge >= 0.3 is 0 Å². The van der Waals surface area contributed by atoms with E-state index in [0.717, 1.165) is 72.3 Å². The van der Waals surface area contributed by atoms with Crippen LogP contribution in [0.1, 0.15) is 49.0 Å². The number of aromatic nitrogens is 2. The van der Waals surface area contributed by atoms with Gasteiger partial charge in [-0.05, 0) is 57.6 Å². The van der Waals surface area contributed by atoms with Gasteiger partial charge in [0.25, 0.3) is 10.2 Å². The number of ether oxygens (including phenoxy) is 1. The van der Waals surface area contributed by atoms with E-state index in [-0.39, 0.29) is 18.6 Å². The first-order valence-electron chi connectivity index (χ1n) is 12.0. The molecule has 186 valence electrons. The molecule has 1 aliphatic carbocycles. The van der Waals surface area contributed by atoms with Gasteiger partial charge in [0.1, 0.15) is 17.3 Å². The molecule has 2 aliphatic heterocycles. The van der Waals surface area contributed by atoms with E-state index in [2.05, 4.69) is 14.9 Å². The lowest BCUT2D eigenvalue weighted by Crippen LogP contribution is -2.44.